The van der Waals surface area contributed by atoms with E-state index in [2.05, 4.69) is 10.3 Å². The molecule has 1 unspecified atom stereocenters. The summed E-state index contributed by atoms with van der Waals surface area (Å²) in [6.45, 7) is 1.90. The van der Waals surface area contributed by atoms with Crippen molar-refractivity contribution in [1.29, 1.82) is 0 Å². The molecule has 1 atom stereocenters. The lowest BCUT2D eigenvalue weighted by molar-refractivity contribution is 0.414. The smallest absolute Gasteiger partial charge is 0.195 e. The molecule has 0 fully saturated rings. The Labute approximate surface area is 100 Å². The van der Waals surface area contributed by atoms with Crippen LogP contribution in [0.4, 0.5) is 0 Å². The Hall–Kier alpha value is -2.01. The Morgan fingerprint density at radius 3 is 2.47 bits per heavy atom. The number of hydrogen-bond acceptors (Lipinski definition) is 5. The van der Waals surface area contributed by atoms with Crippen molar-refractivity contribution in [2.45, 2.75) is 12.6 Å². The average Bonchev–Trinajstić information content (AvgIpc) is 2.27. The largest absolute Gasteiger partial charge is 0.497 e. The van der Waals surface area contributed by atoms with E-state index in [1.165, 1.54) is 0 Å². The molecule has 5 N–H and O–H groups in total. The van der Waals surface area contributed by atoms with Gasteiger partial charge in [0.05, 0.1) is 7.11 Å². The van der Waals surface area contributed by atoms with Crippen molar-refractivity contribution in [3.05, 3.63) is 41.6 Å². The molecular formula is C12H16N4O. The summed E-state index contributed by atoms with van der Waals surface area (Å²) < 4.78 is 5.10. The maximum Gasteiger partial charge on any atom is 0.195 e. The number of rotatable bonds is 2. The van der Waals surface area contributed by atoms with Gasteiger partial charge in [0.15, 0.2) is 11.6 Å². The Bertz CT molecular complexity index is 458. The third-order valence-corrected chi connectivity index (χ3v) is 2.62. The predicted molar refractivity (Wildman–Crippen MR) is 67.4 cm³/mol. The Morgan fingerprint density at radius 1 is 1.29 bits per heavy atom. The molecule has 0 aliphatic carbocycles. The first-order chi connectivity index (χ1) is 8.03. The van der Waals surface area contributed by atoms with Crippen molar-refractivity contribution >= 4 is 5.96 Å². The summed E-state index contributed by atoms with van der Waals surface area (Å²) in [6, 6.07) is 7.46. The van der Waals surface area contributed by atoms with E-state index in [0.717, 1.165) is 17.0 Å². The minimum Gasteiger partial charge on any atom is -0.497 e. The van der Waals surface area contributed by atoms with Gasteiger partial charge in [-0.1, -0.05) is 12.1 Å². The third-order valence-electron chi connectivity index (χ3n) is 2.62. The van der Waals surface area contributed by atoms with Crippen LogP contribution in [0.1, 0.15) is 12.5 Å². The van der Waals surface area contributed by atoms with Gasteiger partial charge in [-0.25, -0.2) is 4.99 Å². The zero-order valence-corrected chi connectivity index (χ0v) is 9.90. The van der Waals surface area contributed by atoms with Gasteiger partial charge >= 0.3 is 0 Å². The monoisotopic (exact) mass is 232 g/mol. The number of allylic oxidation sites excluding steroid dienone is 1. The highest BCUT2D eigenvalue weighted by atomic mass is 16.5. The fraction of sp³-hybridized carbons (Fsp3) is 0.250. The third kappa shape index (κ3) is 2.24. The molecule has 1 heterocycles. The lowest BCUT2D eigenvalue weighted by Crippen LogP contribution is -2.44. The second-order valence-electron chi connectivity index (χ2n) is 4.00. The van der Waals surface area contributed by atoms with Crippen molar-refractivity contribution < 1.29 is 4.74 Å². The number of nitrogens with zero attached hydrogens (tertiary/aromatic N) is 1. The van der Waals surface area contributed by atoms with Gasteiger partial charge in [0, 0.05) is 5.70 Å². The molecule has 0 amide bonds. The van der Waals surface area contributed by atoms with Gasteiger partial charge in [-0.3, -0.25) is 5.73 Å². The highest BCUT2D eigenvalue weighted by Gasteiger charge is 2.27. The number of methoxy groups -OCH3 is 1. The summed E-state index contributed by atoms with van der Waals surface area (Å²) in [4.78, 5) is 4.23. The zero-order chi connectivity index (χ0) is 12.5. The number of ether oxygens (including phenoxy) is 1. The predicted octanol–water partition coefficient (Wildman–Crippen LogP) is 0.628. The first-order valence-electron chi connectivity index (χ1n) is 5.29. The lowest BCUT2D eigenvalue weighted by Gasteiger charge is -2.27. The molecule has 1 aliphatic rings. The number of nitrogens with two attached hydrogens (primary N) is 2. The van der Waals surface area contributed by atoms with Crippen molar-refractivity contribution in [3.8, 4) is 5.75 Å². The van der Waals surface area contributed by atoms with Gasteiger partial charge < -0.3 is 15.8 Å². The normalized spacial score (nSPS) is 23.5. The van der Waals surface area contributed by atoms with Crippen LogP contribution in [0.15, 0.2) is 41.0 Å². The number of benzene rings is 1. The number of hydrogen-bond donors (Lipinski definition) is 3. The second-order valence-corrected chi connectivity index (χ2v) is 4.00. The molecular weight excluding hydrogens is 216 g/mol. The lowest BCUT2D eigenvalue weighted by atomic mass is 9.98. The number of aliphatic imine (C=N–C) groups is 1. The second kappa shape index (κ2) is 4.10. The molecule has 0 aromatic heterocycles. The minimum absolute atomic E-state index is 0.323. The van der Waals surface area contributed by atoms with Gasteiger partial charge in [-0.2, -0.15) is 0 Å². The van der Waals surface area contributed by atoms with Crippen LogP contribution in [0.2, 0.25) is 0 Å². The summed E-state index contributed by atoms with van der Waals surface area (Å²) in [5.41, 5.74) is 12.8. The van der Waals surface area contributed by atoms with Crippen molar-refractivity contribution in [1.82, 2.24) is 5.32 Å². The molecule has 0 radical (unpaired) electrons. The van der Waals surface area contributed by atoms with Crippen molar-refractivity contribution in [3.63, 3.8) is 0 Å². The van der Waals surface area contributed by atoms with Gasteiger partial charge in [0.1, 0.15) is 5.75 Å². The van der Waals surface area contributed by atoms with Gasteiger partial charge in [0.2, 0.25) is 0 Å². The standard InChI is InChI=1S/C12H16N4O/c1-8-7-12(14,16-11(13)15-8)9-3-5-10(17-2)6-4-9/h3-7H,14H2,1-2H3,(H3,13,15,16). The molecule has 0 saturated heterocycles. The van der Waals surface area contributed by atoms with Crippen LogP contribution in [0.5, 0.6) is 5.75 Å². The maximum absolute atomic E-state index is 6.23. The summed E-state index contributed by atoms with van der Waals surface area (Å²) in [7, 11) is 1.62. The van der Waals surface area contributed by atoms with E-state index in [-0.39, 0.29) is 0 Å². The average molecular weight is 232 g/mol. The Balaban J connectivity index is 2.40. The maximum atomic E-state index is 6.23. The van der Waals surface area contributed by atoms with Crippen LogP contribution < -0.4 is 21.5 Å². The highest BCUT2D eigenvalue weighted by molar-refractivity contribution is 5.81. The van der Waals surface area contributed by atoms with Gasteiger partial charge in [0.25, 0.3) is 0 Å². The van der Waals surface area contributed by atoms with Crippen molar-refractivity contribution in [2.75, 3.05) is 7.11 Å². The Kier molecular flexibility index (Phi) is 2.77. The molecule has 5 heteroatoms. The molecule has 2 rings (SSSR count). The van der Waals surface area contributed by atoms with E-state index in [1.54, 1.807) is 7.11 Å². The molecule has 0 saturated carbocycles. The van der Waals surface area contributed by atoms with E-state index in [1.807, 2.05) is 37.3 Å². The molecule has 17 heavy (non-hydrogen) atoms. The van der Waals surface area contributed by atoms with E-state index in [9.17, 15) is 0 Å². The summed E-state index contributed by atoms with van der Waals surface area (Å²) in [6.07, 6.45) is 1.84. The molecule has 90 valence electrons. The molecule has 1 aliphatic heterocycles. The van der Waals surface area contributed by atoms with Crippen LogP contribution in [-0.4, -0.2) is 13.1 Å². The van der Waals surface area contributed by atoms with E-state index in [0.29, 0.717) is 5.96 Å². The molecule has 0 spiro atoms. The quantitative estimate of drug-likeness (QED) is 0.698. The minimum atomic E-state index is -0.911. The SMILES string of the molecule is COc1ccc(C2(N)C=C(C)NC(N)=N2)cc1. The first kappa shape index (κ1) is 11.5. The summed E-state index contributed by atoms with van der Waals surface area (Å²) in [5.74, 6) is 1.10. The van der Waals surface area contributed by atoms with Crippen LogP contribution in [0.3, 0.4) is 0 Å². The van der Waals surface area contributed by atoms with Crippen LogP contribution in [-0.2, 0) is 5.66 Å². The van der Waals surface area contributed by atoms with Crippen LogP contribution >= 0.6 is 0 Å². The van der Waals surface area contributed by atoms with E-state index < -0.39 is 5.66 Å². The fourth-order valence-electron chi connectivity index (χ4n) is 1.83. The fourth-order valence-corrected chi connectivity index (χ4v) is 1.83. The van der Waals surface area contributed by atoms with E-state index >= 15 is 0 Å². The number of nitrogens with one attached hydrogen (secondary N) is 1. The summed E-state index contributed by atoms with van der Waals surface area (Å²) >= 11 is 0. The van der Waals surface area contributed by atoms with Gasteiger partial charge in [-0.15, -0.1) is 0 Å². The topological polar surface area (TPSA) is 85.7 Å². The molecule has 1 aromatic rings. The number of guanidine groups is 1. The first-order valence-corrected chi connectivity index (χ1v) is 5.29. The molecule has 5 nitrogen and oxygen atoms in total. The zero-order valence-electron chi connectivity index (χ0n) is 9.90. The summed E-state index contributed by atoms with van der Waals surface area (Å²) in [5, 5.41) is 2.91. The molecule has 1 aromatic carbocycles. The Morgan fingerprint density at radius 2 is 1.94 bits per heavy atom. The van der Waals surface area contributed by atoms with Crippen LogP contribution in [0.25, 0.3) is 0 Å². The highest BCUT2D eigenvalue weighted by Crippen LogP contribution is 2.26. The van der Waals surface area contributed by atoms with E-state index in [4.69, 9.17) is 16.2 Å². The molecule has 0 bridgehead atoms. The van der Waals surface area contributed by atoms with Crippen molar-refractivity contribution in [2.24, 2.45) is 16.5 Å². The van der Waals surface area contributed by atoms with Gasteiger partial charge in [-0.05, 0) is 30.7 Å². The van der Waals surface area contributed by atoms with Crippen LogP contribution in [0, 0.1) is 0 Å².